The molecular weight excluding hydrogens is 326 g/mol. The summed E-state index contributed by atoms with van der Waals surface area (Å²) < 4.78 is 0. The van der Waals surface area contributed by atoms with Crippen molar-refractivity contribution >= 4 is 17.5 Å². The Morgan fingerprint density at radius 1 is 1.35 bits per heavy atom. The lowest BCUT2D eigenvalue weighted by molar-refractivity contribution is 0.154. The van der Waals surface area contributed by atoms with E-state index in [2.05, 4.69) is 63.2 Å². The molecule has 0 saturated carbocycles. The van der Waals surface area contributed by atoms with E-state index in [9.17, 15) is 5.11 Å². The SMILES string of the molecule is CCN(CCNc1nccc(N2CCCC(O)C2)n1)c1cccc(C)c1. The van der Waals surface area contributed by atoms with Crippen molar-refractivity contribution in [3.8, 4) is 0 Å². The Bertz CT molecular complexity index is 708. The topological polar surface area (TPSA) is 64.5 Å². The van der Waals surface area contributed by atoms with Gasteiger partial charge in [0.15, 0.2) is 0 Å². The van der Waals surface area contributed by atoms with E-state index in [0.29, 0.717) is 12.5 Å². The Kier molecular flexibility index (Phi) is 6.28. The van der Waals surface area contributed by atoms with Gasteiger partial charge in [-0.3, -0.25) is 0 Å². The van der Waals surface area contributed by atoms with Crippen molar-refractivity contribution in [1.29, 1.82) is 0 Å². The number of aromatic nitrogens is 2. The summed E-state index contributed by atoms with van der Waals surface area (Å²) in [6, 6.07) is 10.5. The third-order valence-corrected chi connectivity index (χ3v) is 4.77. The second kappa shape index (κ2) is 8.85. The lowest BCUT2D eigenvalue weighted by atomic mass is 10.1. The zero-order valence-electron chi connectivity index (χ0n) is 15.7. The molecule has 2 N–H and O–H groups in total. The highest BCUT2D eigenvalue weighted by Crippen LogP contribution is 2.19. The fourth-order valence-corrected chi connectivity index (χ4v) is 3.37. The first-order valence-electron chi connectivity index (χ1n) is 9.47. The van der Waals surface area contributed by atoms with Crippen LogP contribution in [0.3, 0.4) is 0 Å². The molecule has 1 aliphatic heterocycles. The fraction of sp³-hybridized carbons (Fsp3) is 0.500. The molecular formula is C20H29N5O. The molecule has 0 radical (unpaired) electrons. The van der Waals surface area contributed by atoms with Crippen molar-refractivity contribution in [2.75, 3.05) is 47.8 Å². The van der Waals surface area contributed by atoms with Gasteiger partial charge < -0.3 is 20.2 Å². The predicted molar refractivity (Wildman–Crippen MR) is 107 cm³/mol. The van der Waals surface area contributed by atoms with Gasteiger partial charge in [-0.05, 0) is 50.5 Å². The monoisotopic (exact) mass is 355 g/mol. The van der Waals surface area contributed by atoms with Gasteiger partial charge in [0.05, 0.1) is 6.10 Å². The summed E-state index contributed by atoms with van der Waals surface area (Å²) in [6.45, 7) is 8.48. The number of nitrogens with zero attached hydrogens (tertiary/aromatic N) is 4. The molecule has 1 saturated heterocycles. The average molecular weight is 355 g/mol. The second-order valence-electron chi connectivity index (χ2n) is 6.83. The molecule has 1 aromatic heterocycles. The van der Waals surface area contributed by atoms with Gasteiger partial charge >= 0.3 is 0 Å². The Morgan fingerprint density at radius 2 is 2.23 bits per heavy atom. The van der Waals surface area contributed by atoms with Gasteiger partial charge in [0.25, 0.3) is 0 Å². The summed E-state index contributed by atoms with van der Waals surface area (Å²) in [5.74, 6) is 1.52. The molecule has 6 heteroatoms. The molecule has 0 spiro atoms. The van der Waals surface area contributed by atoms with Gasteiger partial charge in [0.2, 0.25) is 5.95 Å². The van der Waals surface area contributed by atoms with Gasteiger partial charge in [-0.25, -0.2) is 4.98 Å². The predicted octanol–water partition coefficient (Wildman–Crippen LogP) is 2.68. The number of likely N-dealkylation sites (N-methyl/N-ethyl adjacent to an activating group) is 1. The highest BCUT2D eigenvalue weighted by Gasteiger charge is 2.19. The van der Waals surface area contributed by atoms with Gasteiger partial charge in [-0.15, -0.1) is 0 Å². The number of aliphatic hydroxyl groups is 1. The minimum absolute atomic E-state index is 0.262. The van der Waals surface area contributed by atoms with E-state index < -0.39 is 0 Å². The molecule has 0 bridgehead atoms. The third kappa shape index (κ3) is 4.85. The first-order chi connectivity index (χ1) is 12.7. The third-order valence-electron chi connectivity index (χ3n) is 4.77. The van der Waals surface area contributed by atoms with Gasteiger partial charge in [-0.2, -0.15) is 4.98 Å². The van der Waals surface area contributed by atoms with Crippen LogP contribution < -0.4 is 15.1 Å². The van der Waals surface area contributed by atoms with Crippen molar-refractivity contribution in [3.05, 3.63) is 42.1 Å². The van der Waals surface area contributed by atoms with Crippen LogP contribution in [0.1, 0.15) is 25.3 Å². The van der Waals surface area contributed by atoms with Crippen molar-refractivity contribution in [2.24, 2.45) is 0 Å². The van der Waals surface area contributed by atoms with Crippen molar-refractivity contribution in [3.63, 3.8) is 0 Å². The normalized spacial score (nSPS) is 17.2. The molecule has 1 atom stereocenters. The smallest absolute Gasteiger partial charge is 0.224 e. The van der Waals surface area contributed by atoms with Crippen molar-refractivity contribution < 1.29 is 5.11 Å². The first kappa shape index (κ1) is 18.5. The number of anilines is 3. The standard InChI is InChI=1S/C20H29N5O/c1-3-24(17-7-4-6-16(2)14-17)13-11-22-20-21-10-9-19(23-20)25-12-5-8-18(26)15-25/h4,6-7,9-10,14,18,26H,3,5,8,11-13,15H2,1-2H3,(H,21,22,23). The fourth-order valence-electron chi connectivity index (χ4n) is 3.37. The van der Waals surface area contributed by atoms with Crippen LogP contribution in [0.4, 0.5) is 17.5 Å². The molecule has 1 unspecified atom stereocenters. The first-order valence-corrected chi connectivity index (χ1v) is 9.47. The summed E-state index contributed by atoms with van der Waals surface area (Å²) in [6.07, 6.45) is 3.39. The number of hydrogen-bond acceptors (Lipinski definition) is 6. The molecule has 0 amide bonds. The Morgan fingerprint density at radius 3 is 3.00 bits per heavy atom. The number of β-amino-alcohol motifs (C(OH)–C–C–N with tert-alkyl or cyclic N) is 1. The summed E-state index contributed by atoms with van der Waals surface area (Å²) in [5.41, 5.74) is 2.51. The van der Waals surface area contributed by atoms with Crippen LogP contribution in [-0.4, -0.2) is 53.9 Å². The highest BCUT2D eigenvalue weighted by molar-refractivity contribution is 5.48. The maximum atomic E-state index is 9.86. The molecule has 2 aromatic rings. The van der Waals surface area contributed by atoms with Crippen molar-refractivity contribution in [2.45, 2.75) is 32.8 Å². The summed E-state index contributed by atoms with van der Waals surface area (Å²) in [7, 11) is 0. The molecule has 140 valence electrons. The number of rotatable bonds is 7. The number of hydrogen-bond donors (Lipinski definition) is 2. The molecule has 1 aromatic carbocycles. The molecule has 0 aliphatic carbocycles. The molecule has 1 fully saturated rings. The van der Waals surface area contributed by atoms with Gasteiger partial charge in [0.1, 0.15) is 5.82 Å². The van der Waals surface area contributed by atoms with Crippen LogP contribution in [0, 0.1) is 6.92 Å². The van der Waals surface area contributed by atoms with Crippen molar-refractivity contribution in [1.82, 2.24) is 9.97 Å². The van der Waals surface area contributed by atoms with Crippen LogP contribution in [-0.2, 0) is 0 Å². The van der Waals surface area contributed by atoms with E-state index in [0.717, 1.165) is 44.8 Å². The quantitative estimate of drug-likeness (QED) is 0.796. The summed E-state index contributed by atoms with van der Waals surface area (Å²) in [5, 5.41) is 13.2. The lowest BCUT2D eigenvalue weighted by Crippen LogP contribution is -2.38. The lowest BCUT2D eigenvalue weighted by Gasteiger charge is -2.31. The Balaban J connectivity index is 1.56. The maximum absolute atomic E-state index is 9.86. The number of piperidine rings is 1. The zero-order valence-corrected chi connectivity index (χ0v) is 15.7. The number of nitrogens with one attached hydrogen (secondary N) is 1. The van der Waals surface area contributed by atoms with E-state index in [1.165, 1.54) is 11.3 Å². The average Bonchev–Trinajstić information content (AvgIpc) is 2.65. The maximum Gasteiger partial charge on any atom is 0.224 e. The minimum atomic E-state index is -0.262. The summed E-state index contributed by atoms with van der Waals surface area (Å²) in [4.78, 5) is 13.4. The largest absolute Gasteiger partial charge is 0.391 e. The molecule has 2 heterocycles. The summed E-state index contributed by atoms with van der Waals surface area (Å²) >= 11 is 0. The van der Waals surface area contributed by atoms with E-state index in [-0.39, 0.29) is 6.10 Å². The minimum Gasteiger partial charge on any atom is -0.391 e. The highest BCUT2D eigenvalue weighted by atomic mass is 16.3. The number of benzene rings is 1. The second-order valence-corrected chi connectivity index (χ2v) is 6.83. The Labute approximate surface area is 155 Å². The number of aliphatic hydroxyl groups excluding tert-OH is 1. The van der Waals surface area contributed by atoms with Crippen LogP contribution in [0.15, 0.2) is 36.5 Å². The van der Waals surface area contributed by atoms with E-state index >= 15 is 0 Å². The number of aryl methyl sites for hydroxylation is 1. The molecule has 3 rings (SSSR count). The molecule has 26 heavy (non-hydrogen) atoms. The van der Waals surface area contributed by atoms with E-state index in [1.807, 2.05) is 6.07 Å². The molecule has 6 nitrogen and oxygen atoms in total. The van der Waals surface area contributed by atoms with Crippen LogP contribution in [0.2, 0.25) is 0 Å². The van der Waals surface area contributed by atoms with Crippen LogP contribution in [0.5, 0.6) is 0 Å². The molecule has 1 aliphatic rings. The van der Waals surface area contributed by atoms with E-state index in [1.54, 1.807) is 6.20 Å². The van der Waals surface area contributed by atoms with Gasteiger partial charge in [-0.1, -0.05) is 12.1 Å². The van der Waals surface area contributed by atoms with Crippen LogP contribution >= 0.6 is 0 Å². The van der Waals surface area contributed by atoms with E-state index in [4.69, 9.17) is 0 Å². The van der Waals surface area contributed by atoms with Gasteiger partial charge in [0, 0.05) is 44.6 Å². The zero-order chi connectivity index (χ0) is 18.4. The Hall–Kier alpha value is -2.34. The van der Waals surface area contributed by atoms with Crippen LogP contribution in [0.25, 0.3) is 0 Å².